The Morgan fingerprint density at radius 3 is 2.60 bits per heavy atom. The molecule has 12 nitrogen and oxygen atoms in total. The fourth-order valence-corrected chi connectivity index (χ4v) is 5.02. The van der Waals surface area contributed by atoms with E-state index < -0.39 is 61.5 Å². The highest BCUT2D eigenvalue weighted by atomic mass is 31.2. The molecule has 40 heavy (non-hydrogen) atoms. The van der Waals surface area contributed by atoms with Crippen LogP contribution in [0.2, 0.25) is 0 Å². The maximum absolute atomic E-state index is 15.5. The van der Waals surface area contributed by atoms with Crippen molar-refractivity contribution in [1.29, 1.82) is 0 Å². The SMILES string of the molecule is CCC(=O)ONP(=O)(OC[C@H]1O[C@@H](n2ccc(=O)[nH]c2=O)[C@](C)(F)[C@@H]1O)Oc1ccc(-c2ccccc2)c(F)c1. The summed E-state index contributed by atoms with van der Waals surface area (Å²) in [6, 6.07) is 13.2. The zero-order chi connectivity index (χ0) is 29.1. The molecule has 3 N–H and O–H groups in total. The Balaban J connectivity index is 1.54. The third kappa shape index (κ3) is 6.37. The van der Waals surface area contributed by atoms with Crippen molar-refractivity contribution in [2.45, 2.75) is 44.4 Å². The van der Waals surface area contributed by atoms with Crippen LogP contribution < -0.4 is 21.0 Å². The van der Waals surface area contributed by atoms with Crippen LogP contribution in [0.3, 0.4) is 0 Å². The second-order valence-electron chi connectivity index (χ2n) is 8.95. The van der Waals surface area contributed by atoms with E-state index in [9.17, 15) is 28.4 Å². The van der Waals surface area contributed by atoms with Crippen LogP contribution >= 0.6 is 7.75 Å². The van der Waals surface area contributed by atoms with Crippen LogP contribution in [0.15, 0.2) is 70.4 Å². The number of rotatable bonds is 10. The predicted molar refractivity (Wildman–Crippen MR) is 136 cm³/mol. The van der Waals surface area contributed by atoms with Gasteiger partial charge < -0.3 is 19.2 Å². The number of aromatic amines is 1. The number of alkyl halides is 1. The number of aromatic nitrogens is 2. The summed E-state index contributed by atoms with van der Waals surface area (Å²) in [5.74, 6) is -1.80. The predicted octanol–water partition coefficient (Wildman–Crippen LogP) is 2.99. The number of aliphatic hydroxyl groups is 1. The lowest BCUT2D eigenvalue weighted by atomic mass is 9.98. The summed E-state index contributed by atoms with van der Waals surface area (Å²) in [4.78, 5) is 41.9. The maximum Gasteiger partial charge on any atom is 0.491 e. The van der Waals surface area contributed by atoms with E-state index in [4.69, 9.17) is 18.6 Å². The van der Waals surface area contributed by atoms with Crippen LogP contribution in [0.25, 0.3) is 11.1 Å². The van der Waals surface area contributed by atoms with Crippen LogP contribution in [0.1, 0.15) is 26.5 Å². The second-order valence-corrected chi connectivity index (χ2v) is 10.6. The van der Waals surface area contributed by atoms with Crippen molar-refractivity contribution in [2.24, 2.45) is 0 Å². The van der Waals surface area contributed by atoms with Crippen molar-refractivity contribution in [2.75, 3.05) is 6.61 Å². The largest absolute Gasteiger partial charge is 0.491 e. The Labute approximate surface area is 226 Å². The molecule has 0 radical (unpaired) electrons. The number of carbonyl (C=O) groups excluding carboxylic acids is 1. The van der Waals surface area contributed by atoms with Gasteiger partial charge in [0.2, 0.25) is 0 Å². The molecule has 0 amide bonds. The van der Waals surface area contributed by atoms with Gasteiger partial charge in [-0.3, -0.25) is 23.7 Å². The van der Waals surface area contributed by atoms with E-state index in [1.807, 2.05) is 10.2 Å². The Morgan fingerprint density at radius 2 is 1.95 bits per heavy atom. The van der Waals surface area contributed by atoms with Crippen molar-refractivity contribution in [3.05, 3.63) is 87.4 Å². The molecule has 3 aromatic rings. The van der Waals surface area contributed by atoms with Gasteiger partial charge in [0, 0.05) is 30.3 Å². The summed E-state index contributed by atoms with van der Waals surface area (Å²) in [7, 11) is -4.63. The van der Waals surface area contributed by atoms with Gasteiger partial charge in [0.05, 0.1) is 6.61 Å². The Kier molecular flexibility index (Phi) is 8.66. The minimum absolute atomic E-state index is 0.104. The number of benzene rings is 2. The van der Waals surface area contributed by atoms with E-state index in [2.05, 4.69) is 0 Å². The average molecular weight is 581 g/mol. The van der Waals surface area contributed by atoms with Crippen molar-refractivity contribution in [3.8, 4) is 16.9 Å². The average Bonchev–Trinajstić information content (AvgIpc) is 3.14. The Morgan fingerprint density at radius 1 is 1.23 bits per heavy atom. The second kappa shape index (κ2) is 11.8. The van der Waals surface area contributed by atoms with E-state index in [1.54, 1.807) is 30.3 Å². The fraction of sp³-hybridized carbons (Fsp3) is 0.320. The summed E-state index contributed by atoms with van der Waals surface area (Å²) < 4.78 is 60.6. The van der Waals surface area contributed by atoms with E-state index in [-0.39, 0.29) is 17.7 Å². The number of hydrogen-bond acceptors (Lipinski definition) is 9. The summed E-state index contributed by atoms with van der Waals surface area (Å²) >= 11 is 0. The van der Waals surface area contributed by atoms with E-state index in [0.717, 1.165) is 29.8 Å². The highest BCUT2D eigenvalue weighted by molar-refractivity contribution is 7.51. The Bertz CT molecular complexity index is 1530. The van der Waals surface area contributed by atoms with E-state index in [0.29, 0.717) is 5.56 Å². The highest BCUT2D eigenvalue weighted by Gasteiger charge is 2.55. The summed E-state index contributed by atoms with van der Waals surface area (Å²) in [6.07, 6.45) is -4.20. The van der Waals surface area contributed by atoms with Crippen molar-refractivity contribution in [3.63, 3.8) is 0 Å². The lowest BCUT2D eigenvalue weighted by molar-refractivity contribution is -0.147. The molecule has 2 aromatic carbocycles. The lowest BCUT2D eigenvalue weighted by Crippen LogP contribution is -2.43. The summed E-state index contributed by atoms with van der Waals surface area (Å²) in [6.45, 7) is 1.65. The molecule has 0 spiro atoms. The van der Waals surface area contributed by atoms with Gasteiger partial charge in [0.1, 0.15) is 23.8 Å². The van der Waals surface area contributed by atoms with Crippen molar-refractivity contribution >= 4 is 13.7 Å². The zero-order valence-electron chi connectivity index (χ0n) is 21.3. The molecule has 0 bridgehead atoms. The van der Waals surface area contributed by atoms with Crippen LogP contribution in [0, 0.1) is 5.82 Å². The van der Waals surface area contributed by atoms with Gasteiger partial charge in [-0.2, -0.15) is 0 Å². The van der Waals surface area contributed by atoms with Crippen LogP contribution in [0.4, 0.5) is 8.78 Å². The molecule has 1 fully saturated rings. The number of H-pyrrole nitrogens is 1. The zero-order valence-corrected chi connectivity index (χ0v) is 22.2. The van der Waals surface area contributed by atoms with E-state index >= 15 is 4.39 Å². The molecular formula is C25H26F2N3O9P. The first-order valence-corrected chi connectivity index (χ1v) is 13.6. The number of halogens is 2. The molecule has 1 aromatic heterocycles. The number of nitrogens with one attached hydrogen (secondary N) is 2. The van der Waals surface area contributed by atoms with Crippen molar-refractivity contribution in [1.82, 2.24) is 14.8 Å². The lowest BCUT2D eigenvalue weighted by Gasteiger charge is -2.24. The van der Waals surface area contributed by atoms with Crippen LogP contribution in [-0.4, -0.2) is 45.1 Å². The Hall–Kier alpha value is -3.68. The fourth-order valence-electron chi connectivity index (χ4n) is 3.93. The molecule has 1 saturated heterocycles. The number of nitrogens with zero attached hydrogens (tertiary/aromatic N) is 1. The minimum atomic E-state index is -4.63. The molecule has 4 rings (SSSR count). The summed E-state index contributed by atoms with van der Waals surface area (Å²) in [5.41, 5.74) is -3.45. The van der Waals surface area contributed by atoms with Gasteiger partial charge in [-0.1, -0.05) is 37.3 Å². The molecule has 1 unspecified atom stereocenters. The number of ether oxygens (including phenoxy) is 1. The number of carbonyl (C=O) groups is 1. The topological polar surface area (TPSA) is 158 Å². The molecule has 15 heteroatoms. The van der Waals surface area contributed by atoms with Gasteiger partial charge in [-0.15, -0.1) is 0 Å². The molecule has 5 atom stereocenters. The first kappa shape index (κ1) is 29.3. The smallest absolute Gasteiger partial charge is 0.411 e. The van der Waals surface area contributed by atoms with Gasteiger partial charge in [0.15, 0.2) is 11.9 Å². The molecule has 1 aliphatic rings. The maximum atomic E-state index is 15.5. The first-order valence-electron chi connectivity index (χ1n) is 12.0. The third-order valence-electron chi connectivity index (χ3n) is 6.04. The van der Waals surface area contributed by atoms with Gasteiger partial charge >= 0.3 is 19.4 Å². The highest BCUT2D eigenvalue weighted by Crippen LogP contribution is 2.47. The van der Waals surface area contributed by atoms with Gasteiger partial charge in [0.25, 0.3) is 5.56 Å². The molecular weight excluding hydrogens is 555 g/mol. The quantitative estimate of drug-likeness (QED) is 0.240. The molecule has 1 aliphatic heterocycles. The monoisotopic (exact) mass is 581 g/mol. The third-order valence-corrected chi connectivity index (χ3v) is 7.30. The molecule has 214 valence electrons. The van der Waals surface area contributed by atoms with E-state index in [1.165, 1.54) is 19.1 Å². The van der Waals surface area contributed by atoms with Gasteiger partial charge in [-0.25, -0.2) is 18.1 Å². The normalized spacial score (nSPS) is 23.9. The van der Waals surface area contributed by atoms with Crippen LogP contribution in [0.5, 0.6) is 5.75 Å². The van der Waals surface area contributed by atoms with Crippen LogP contribution in [-0.2, 0) is 23.5 Å². The van der Waals surface area contributed by atoms with Gasteiger partial charge in [-0.05, 0) is 29.9 Å². The standard InChI is InChI=1S/C25H26F2N3O9P/c1-3-21(32)38-29-40(35,39-16-9-10-17(18(26)13-16)15-7-5-4-6-8-15)36-14-19-22(33)25(2,27)23(37-19)30-12-11-20(31)28-24(30)34/h4-13,19,22-23,33H,3,14H2,1-2H3,(H,29,35)(H,28,31,34)/t19-,22-,23-,25-,40?/m1/s1. The first-order chi connectivity index (χ1) is 18.9. The minimum Gasteiger partial charge on any atom is -0.411 e. The molecule has 0 aliphatic carbocycles. The number of hydrogen-bond donors (Lipinski definition) is 3. The molecule has 2 heterocycles. The summed E-state index contributed by atoms with van der Waals surface area (Å²) in [5, 5.41) is 12.5. The van der Waals surface area contributed by atoms with Crippen molar-refractivity contribution < 1.29 is 41.9 Å². The number of aliphatic hydroxyl groups excluding tert-OH is 1. The molecule has 0 saturated carbocycles.